The van der Waals surface area contributed by atoms with Gasteiger partial charge in [-0.05, 0) is 24.5 Å². The summed E-state index contributed by atoms with van der Waals surface area (Å²) in [5, 5.41) is 12.5. The van der Waals surface area contributed by atoms with E-state index in [0.717, 1.165) is 23.4 Å². The van der Waals surface area contributed by atoms with Crippen molar-refractivity contribution in [2.45, 2.75) is 43.4 Å². The minimum Gasteiger partial charge on any atom is -0.390 e. The molecule has 0 radical (unpaired) electrons. The molecule has 6 nitrogen and oxygen atoms in total. The molecule has 132 valence electrons. The van der Waals surface area contributed by atoms with E-state index in [0.29, 0.717) is 13.0 Å². The van der Waals surface area contributed by atoms with Crippen LogP contribution in [0.3, 0.4) is 0 Å². The molecule has 1 spiro atoms. The van der Waals surface area contributed by atoms with Gasteiger partial charge in [-0.2, -0.15) is 5.06 Å². The lowest BCUT2D eigenvalue weighted by atomic mass is 9.70. The van der Waals surface area contributed by atoms with Crippen molar-refractivity contribution in [1.29, 1.82) is 0 Å². The van der Waals surface area contributed by atoms with Gasteiger partial charge in [0.2, 0.25) is 0 Å². The molecule has 0 unspecified atom stereocenters. The number of hydrogen-bond donors (Lipinski definition) is 1. The highest BCUT2D eigenvalue weighted by Crippen LogP contribution is 2.56. The predicted molar refractivity (Wildman–Crippen MR) is 91.5 cm³/mol. The van der Waals surface area contributed by atoms with E-state index in [9.17, 15) is 9.90 Å². The zero-order valence-electron chi connectivity index (χ0n) is 14.4. The number of amides is 1. The zero-order valence-corrected chi connectivity index (χ0v) is 14.4. The van der Waals surface area contributed by atoms with Crippen molar-refractivity contribution >= 4 is 17.3 Å². The number of carbonyl (C=O) groups is 1. The fourth-order valence-electron chi connectivity index (χ4n) is 5.54. The molecule has 1 aromatic rings. The van der Waals surface area contributed by atoms with E-state index < -0.39 is 17.6 Å². The Kier molecular flexibility index (Phi) is 3.18. The number of para-hydroxylation sites is 1. The second kappa shape index (κ2) is 5.13. The number of nitrogens with zero attached hydrogens (tertiary/aromatic N) is 2. The molecule has 1 amide bonds. The number of hydroxylamine groups is 1. The number of carbonyl (C=O) groups excluding carboxylic acids is 1. The van der Waals surface area contributed by atoms with Crippen molar-refractivity contribution in [3.05, 3.63) is 29.8 Å². The lowest BCUT2D eigenvalue weighted by Crippen LogP contribution is -2.58. The lowest BCUT2D eigenvalue weighted by Gasteiger charge is -2.42. The molecule has 1 aliphatic carbocycles. The standard InChI is InChI=1S/C19H22N2O4/c1-3-12-15-10-9-25-17(16(15)22)19(8-13(10)20-12)11-6-4-5-7-14(11)21(24-2)18(19)23/h4-7,10,13,15-17,22H,3,8-9H2,1-2H3/t10-,13+,15-,16-,17-,19+/m1/s1. The summed E-state index contributed by atoms with van der Waals surface area (Å²) in [7, 11) is 1.50. The maximum Gasteiger partial charge on any atom is 0.264 e. The van der Waals surface area contributed by atoms with E-state index in [1.165, 1.54) is 12.2 Å². The van der Waals surface area contributed by atoms with Crippen molar-refractivity contribution in [3.8, 4) is 0 Å². The van der Waals surface area contributed by atoms with E-state index in [4.69, 9.17) is 14.6 Å². The van der Waals surface area contributed by atoms with Crippen molar-refractivity contribution in [3.63, 3.8) is 0 Å². The van der Waals surface area contributed by atoms with Crippen LogP contribution in [0.25, 0.3) is 0 Å². The highest BCUT2D eigenvalue weighted by molar-refractivity contribution is 6.07. The Morgan fingerprint density at radius 2 is 2.24 bits per heavy atom. The number of aliphatic imine (C=N–C) groups is 1. The molecule has 4 bridgehead atoms. The van der Waals surface area contributed by atoms with Gasteiger partial charge in [0.05, 0.1) is 31.5 Å². The number of aliphatic hydroxyl groups excluding tert-OH is 1. The molecule has 3 fully saturated rings. The molecular formula is C19H22N2O4. The molecule has 4 heterocycles. The van der Waals surface area contributed by atoms with Crippen molar-refractivity contribution in [1.82, 2.24) is 0 Å². The fraction of sp³-hybridized carbons (Fsp3) is 0.579. The third-order valence-corrected chi connectivity index (χ3v) is 6.55. The first-order valence-electron chi connectivity index (χ1n) is 8.98. The van der Waals surface area contributed by atoms with Crippen LogP contribution in [0.15, 0.2) is 29.3 Å². The fourth-order valence-corrected chi connectivity index (χ4v) is 5.54. The highest BCUT2D eigenvalue weighted by atomic mass is 16.7. The van der Waals surface area contributed by atoms with Crippen LogP contribution >= 0.6 is 0 Å². The number of rotatable bonds is 2. The Bertz CT molecular complexity index is 778. The zero-order chi connectivity index (χ0) is 17.3. The molecule has 1 aromatic carbocycles. The normalized spacial score (nSPS) is 41.2. The third kappa shape index (κ3) is 1.70. The first kappa shape index (κ1) is 15.5. The van der Waals surface area contributed by atoms with Gasteiger partial charge >= 0.3 is 0 Å². The number of anilines is 1. The summed E-state index contributed by atoms with van der Waals surface area (Å²) in [5.41, 5.74) is 1.77. The lowest BCUT2D eigenvalue weighted by molar-refractivity contribution is -0.152. The molecule has 25 heavy (non-hydrogen) atoms. The molecule has 2 saturated heterocycles. The average Bonchev–Trinajstić information content (AvgIpc) is 3.00. The van der Waals surface area contributed by atoms with Crippen LogP contribution in [0, 0.1) is 11.8 Å². The quantitative estimate of drug-likeness (QED) is 0.883. The Hall–Kier alpha value is -1.76. The van der Waals surface area contributed by atoms with E-state index >= 15 is 0 Å². The number of ether oxygens (including phenoxy) is 1. The molecule has 6 rings (SSSR count). The predicted octanol–water partition coefficient (Wildman–Crippen LogP) is 1.46. The summed E-state index contributed by atoms with van der Waals surface area (Å²) in [6, 6.07) is 7.67. The van der Waals surface area contributed by atoms with Gasteiger partial charge in [0.25, 0.3) is 5.91 Å². The van der Waals surface area contributed by atoms with Gasteiger partial charge in [-0.3, -0.25) is 14.6 Å². The second-order valence-corrected chi connectivity index (χ2v) is 7.45. The molecule has 6 atom stereocenters. The summed E-state index contributed by atoms with van der Waals surface area (Å²) in [6.45, 7) is 2.63. The van der Waals surface area contributed by atoms with Crippen LogP contribution in [0.5, 0.6) is 0 Å². The van der Waals surface area contributed by atoms with Gasteiger partial charge in [0.1, 0.15) is 11.5 Å². The van der Waals surface area contributed by atoms with E-state index in [-0.39, 0.29) is 23.8 Å². The molecular weight excluding hydrogens is 320 g/mol. The van der Waals surface area contributed by atoms with Gasteiger partial charge in [-0.25, -0.2) is 0 Å². The van der Waals surface area contributed by atoms with Gasteiger partial charge < -0.3 is 9.84 Å². The summed E-state index contributed by atoms with van der Waals surface area (Å²) in [5.74, 6) is 0.0171. The Balaban J connectivity index is 1.73. The molecule has 0 aromatic heterocycles. The molecule has 6 heteroatoms. The third-order valence-electron chi connectivity index (χ3n) is 6.55. The van der Waals surface area contributed by atoms with E-state index in [1.54, 1.807) is 0 Å². The monoisotopic (exact) mass is 342 g/mol. The summed E-state index contributed by atoms with van der Waals surface area (Å²) in [4.78, 5) is 23.7. The molecule has 1 saturated carbocycles. The Morgan fingerprint density at radius 3 is 3.00 bits per heavy atom. The summed E-state index contributed by atoms with van der Waals surface area (Å²) >= 11 is 0. The Labute approximate surface area is 146 Å². The van der Waals surface area contributed by atoms with Gasteiger partial charge in [-0.1, -0.05) is 25.1 Å². The highest BCUT2D eigenvalue weighted by Gasteiger charge is 2.67. The molecule has 5 aliphatic rings. The van der Waals surface area contributed by atoms with Gasteiger partial charge in [0.15, 0.2) is 0 Å². The van der Waals surface area contributed by atoms with E-state index in [1.807, 2.05) is 24.3 Å². The average molecular weight is 342 g/mol. The van der Waals surface area contributed by atoms with Crippen LogP contribution in [0.1, 0.15) is 25.3 Å². The maximum absolute atomic E-state index is 13.4. The molecule has 1 N–H and O–H groups in total. The van der Waals surface area contributed by atoms with Crippen LogP contribution in [0.2, 0.25) is 0 Å². The maximum atomic E-state index is 13.4. The van der Waals surface area contributed by atoms with Crippen LogP contribution in [-0.4, -0.2) is 48.7 Å². The summed E-state index contributed by atoms with van der Waals surface area (Å²) in [6.07, 6.45) is 0.113. The minimum atomic E-state index is -0.928. The van der Waals surface area contributed by atoms with Crippen molar-refractivity contribution in [2.24, 2.45) is 16.8 Å². The number of aliphatic hydroxyl groups is 1. The van der Waals surface area contributed by atoms with Crippen LogP contribution < -0.4 is 5.06 Å². The van der Waals surface area contributed by atoms with Gasteiger partial charge in [0, 0.05) is 17.5 Å². The Morgan fingerprint density at radius 1 is 1.44 bits per heavy atom. The first-order valence-corrected chi connectivity index (χ1v) is 8.98. The van der Waals surface area contributed by atoms with Crippen LogP contribution in [0.4, 0.5) is 5.69 Å². The molecule has 4 aliphatic heterocycles. The van der Waals surface area contributed by atoms with Gasteiger partial charge in [-0.15, -0.1) is 0 Å². The number of hydrogen-bond acceptors (Lipinski definition) is 5. The van der Waals surface area contributed by atoms with Crippen LogP contribution in [-0.2, 0) is 19.8 Å². The van der Waals surface area contributed by atoms with E-state index in [2.05, 4.69) is 6.92 Å². The topological polar surface area (TPSA) is 71.4 Å². The largest absolute Gasteiger partial charge is 0.390 e. The summed E-state index contributed by atoms with van der Waals surface area (Å²) < 4.78 is 6.12. The second-order valence-electron chi connectivity index (χ2n) is 7.45. The van der Waals surface area contributed by atoms with Crippen molar-refractivity contribution < 1.29 is 19.5 Å². The number of benzene rings is 1. The SMILES string of the molecule is CCC1=N[C@H]2C[C@@]3(C(=O)N(OC)c4ccccc43)[C@@H]3OC[C@H]2[C@H]1[C@H]3O. The smallest absolute Gasteiger partial charge is 0.264 e. The first-order chi connectivity index (χ1) is 12.1. The van der Waals surface area contributed by atoms with Crippen molar-refractivity contribution in [2.75, 3.05) is 18.8 Å². The number of fused-ring (bicyclic) bond motifs is 2. The minimum absolute atomic E-state index is 0.00434.